The van der Waals surface area contributed by atoms with Gasteiger partial charge in [0, 0.05) is 6.42 Å². The number of rotatable bonds is 4. The predicted octanol–water partition coefficient (Wildman–Crippen LogP) is 4.21. The molecule has 4 nitrogen and oxygen atoms in total. The molecule has 1 N–H and O–H groups in total. The van der Waals surface area contributed by atoms with E-state index in [2.05, 4.69) is 9.97 Å². The molecule has 136 valence electrons. The molecule has 10 heteroatoms. The standard InChI is InChI=1S/C15H12F6N2O2/c1-2-25-13(24)11-7-22-12(23-11)5-8-3-9(14(16,17)18)6-10(4-8)15(19,20)21/h3-4,6-7H,2,5H2,1H3,(H,22,23). The zero-order valence-corrected chi connectivity index (χ0v) is 12.8. The van der Waals surface area contributed by atoms with Crippen LogP contribution in [0, 0.1) is 0 Å². The molecule has 0 atom stereocenters. The molecule has 0 aliphatic rings. The Morgan fingerprint density at radius 1 is 1.08 bits per heavy atom. The lowest BCUT2D eigenvalue weighted by atomic mass is 10.0. The van der Waals surface area contributed by atoms with Gasteiger partial charge < -0.3 is 9.72 Å². The van der Waals surface area contributed by atoms with Crippen molar-refractivity contribution >= 4 is 5.97 Å². The maximum Gasteiger partial charge on any atom is 0.416 e. The van der Waals surface area contributed by atoms with Crippen molar-refractivity contribution in [3.63, 3.8) is 0 Å². The Kier molecular flexibility index (Phi) is 5.09. The predicted molar refractivity (Wildman–Crippen MR) is 73.8 cm³/mol. The largest absolute Gasteiger partial charge is 0.461 e. The van der Waals surface area contributed by atoms with E-state index >= 15 is 0 Å². The highest BCUT2D eigenvalue weighted by Gasteiger charge is 2.36. The number of esters is 1. The van der Waals surface area contributed by atoms with E-state index in [-0.39, 0.29) is 36.2 Å². The number of hydrogen-bond acceptors (Lipinski definition) is 3. The van der Waals surface area contributed by atoms with Gasteiger partial charge in [-0.1, -0.05) is 0 Å². The third-order valence-corrected chi connectivity index (χ3v) is 3.14. The molecule has 0 saturated carbocycles. The summed E-state index contributed by atoms with van der Waals surface area (Å²) in [6.45, 7) is 1.69. The van der Waals surface area contributed by atoms with Gasteiger partial charge in [0.2, 0.25) is 0 Å². The molecule has 0 radical (unpaired) electrons. The van der Waals surface area contributed by atoms with Gasteiger partial charge in [0.05, 0.1) is 23.9 Å². The Morgan fingerprint density at radius 2 is 1.64 bits per heavy atom. The Labute approximate surface area is 137 Å². The molecule has 0 fully saturated rings. The van der Waals surface area contributed by atoms with E-state index in [1.165, 1.54) is 0 Å². The minimum atomic E-state index is -4.92. The zero-order valence-electron chi connectivity index (χ0n) is 12.8. The number of carbonyl (C=O) groups excluding carboxylic acids is 1. The number of imidazole rings is 1. The Morgan fingerprint density at radius 3 is 2.12 bits per heavy atom. The van der Waals surface area contributed by atoms with Gasteiger partial charge in [-0.05, 0) is 30.7 Å². The number of hydrogen-bond donors (Lipinski definition) is 1. The molecule has 0 aliphatic carbocycles. The number of carbonyl (C=O) groups is 1. The maximum atomic E-state index is 12.8. The summed E-state index contributed by atoms with van der Waals surface area (Å²) in [5.41, 5.74) is -3.10. The molecule has 1 heterocycles. The van der Waals surface area contributed by atoms with Crippen LogP contribution < -0.4 is 0 Å². The van der Waals surface area contributed by atoms with Crippen molar-refractivity contribution in [2.24, 2.45) is 0 Å². The quantitative estimate of drug-likeness (QED) is 0.651. The molecule has 0 bridgehead atoms. The molecule has 0 aliphatic heterocycles. The summed E-state index contributed by atoms with van der Waals surface area (Å²) in [5, 5.41) is 0. The lowest BCUT2D eigenvalue weighted by Gasteiger charge is -2.13. The first kappa shape index (κ1) is 18.8. The van der Waals surface area contributed by atoms with Gasteiger partial charge in [-0.25, -0.2) is 9.78 Å². The SMILES string of the molecule is CCOC(=O)c1cnc(Cc2cc(C(F)(F)F)cc(C(F)(F)F)c2)[nH]1. The summed E-state index contributed by atoms with van der Waals surface area (Å²) in [6, 6.07) is 1.28. The van der Waals surface area contributed by atoms with Crippen LogP contribution in [0.15, 0.2) is 24.4 Å². The molecule has 2 aromatic rings. The molecular weight excluding hydrogens is 354 g/mol. The molecule has 0 saturated heterocycles. The Balaban J connectivity index is 2.34. The fourth-order valence-corrected chi connectivity index (χ4v) is 2.08. The first-order valence-corrected chi connectivity index (χ1v) is 7.00. The number of halogens is 6. The van der Waals surface area contributed by atoms with Crippen molar-refractivity contribution in [2.75, 3.05) is 6.61 Å². The minimum Gasteiger partial charge on any atom is -0.461 e. The highest BCUT2D eigenvalue weighted by atomic mass is 19.4. The highest BCUT2D eigenvalue weighted by molar-refractivity contribution is 5.86. The van der Waals surface area contributed by atoms with Gasteiger partial charge in [0.15, 0.2) is 0 Å². The second-order valence-electron chi connectivity index (χ2n) is 5.05. The topological polar surface area (TPSA) is 55.0 Å². The monoisotopic (exact) mass is 366 g/mol. The van der Waals surface area contributed by atoms with Crippen LogP contribution in [0.2, 0.25) is 0 Å². The van der Waals surface area contributed by atoms with E-state index in [0.717, 1.165) is 6.20 Å². The molecule has 1 aromatic carbocycles. The highest BCUT2D eigenvalue weighted by Crippen LogP contribution is 2.36. The second-order valence-corrected chi connectivity index (χ2v) is 5.05. The van der Waals surface area contributed by atoms with Gasteiger partial charge in [0.25, 0.3) is 0 Å². The van der Waals surface area contributed by atoms with Crippen LogP contribution in [0.4, 0.5) is 26.3 Å². The van der Waals surface area contributed by atoms with Crippen LogP contribution in [0.3, 0.4) is 0 Å². The summed E-state index contributed by atoms with van der Waals surface area (Å²) in [6.07, 6.45) is -9.08. The smallest absolute Gasteiger partial charge is 0.416 e. The second kappa shape index (κ2) is 6.77. The number of aromatic amines is 1. The summed E-state index contributed by atoms with van der Waals surface area (Å²) in [4.78, 5) is 17.8. The summed E-state index contributed by atoms with van der Waals surface area (Å²) >= 11 is 0. The van der Waals surface area contributed by atoms with Crippen LogP contribution in [0.5, 0.6) is 0 Å². The van der Waals surface area contributed by atoms with E-state index in [4.69, 9.17) is 4.74 Å². The van der Waals surface area contributed by atoms with Crippen LogP contribution in [-0.2, 0) is 23.5 Å². The summed E-state index contributed by atoms with van der Waals surface area (Å²) in [7, 11) is 0. The zero-order chi connectivity index (χ0) is 18.8. The normalized spacial score (nSPS) is 12.3. The molecule has 0 spiro atoms. The van der Waals surface area contributed by atoms with Crippen molar-refractivity contribution in [1.29, 1.82) is 0 Å². The number of aromatic nitrogens is 2. The lowest BCUT2D eigenvalue weighted by molar-refractivity contribution is -0.143. The van der Waals surface area contributed by atoms with Crippen LogP contribution in [-0.4, -0.2) is 22.5 Å². The Hall–Kier alpha value is -2.52. The van der Waals surface area contributed by atoms with E-state index in [9.17, 15) is 31.1 Å². The van der Waals surface area contributed by atoms with Crippen molar-refractivity contribution < 1.29 is 35.9 Å². The van der Waals surface area contributed by atoms with Crippen LogP contribution in [0.25, 0.3) is 0 Å². The number of alkyl halides is 6. The van der Waals surface area contributed by atoms with Crippen molar-refractivity contribution in [2.45, 2.75) is 25.7 Å². The fraction of sp³-hybridized carbons (Fsp3) is 0.333. The summed E-state index contributed by atoms with van der Waals surface area (Å²) in [5.74, 6) is -0.684. The average molecular weight is 366 g/mol. The van der Waals surface area contributed by atoms with E-state index in [0.29, 0.717) is 12.1 Å². The minimum absolute atomic E-state index is 0.0375. The number of nitrogens with zero attached hydrogens (tertiary/aromatic N) is 1. The summed E-state index contributed by atoms with van der Waals surface area (Å²) < 4.78 is 81.6. The molecule has 1 aromatic heterocycles. The Bertz CT molecular complexity index is 732. The van der Waals surface area contributed by atoms with Crippen LogP contribution in [0.1, 0.15) is 39.9 Å². The van der Waals surface area contributed by atoms with E-state index in [1.54, 1.807) is 6.92 Å². The fourth-order valence-electron chi connectivity index (χ4n) is 2.08. The lowest BCUT2D eigenvalue weighted by Crippen LogP contribution is -2.12. The maximum absolute atomic E-state index is 12.8. The molecule has 25 heavy (non-hydrogen) atoms. The van der Waals surface area contributed by atoms with Crippen molar-refractivity contribution in [3.8, 4) is 0 Å². The molecule has 0 amide bonds. The molecule has 2 rings (SSSR count). The number of benzene rings is 1. The number of H-pyrrole nitrogens is 1. The average Bonchev–Trinajstić information content (AvgIpc) is 2.94. The van der Waals surface area contributed by atoms with E-state index in [1.807, 2.05) is 0 Å². The number of nitrogens with one attached hydrogen (secondary N) is 1. The van der Waals surface area contributed by atoms with Crippen molar-refractivity contribution in [3.05, 3.63) is 52.6 Å². The van der Waals surface area contributed by atoms with E-state index < -0.39 is 29.4 Å². The van der Waals surface area contributed by atoms with Crippen LogP contribution >= 0.6 is 0 Å². The van der Waals surface area contributed by atoms with Gasteiger partial charge in [-0.2, -0.15) is 26.3 Å². The van der Waals surface area contributed by atoms with Gasteiger partial charge in [-0.3, -0.25) is 0 Å². The third kappa shape index (κ3) is 4.74. The molecule has 0 unspecified atom stereocenters. The molecular formula is C15H12F6N2O2. The van der Waals surface area contributed by atoms with Crippen molar-refractivity contribution in [1.82, 2.24) is 9.97 Å². The van der Waals surface area contributed by atoms with Gasteiger partial charge in [0.1, 0.15) is 11.5 Å². The number of ether oxygens (including phenoxy) is 1. The third-order valence-electron chi connectivity index (χ3n) is 3.14. The van der Waals surface area contributed by atoms with Gasteiger partial charge in [-0.15, -0.1) is 0 Å². The first-order valence-electron chi connectivity index (χ1n) is 7.00. The van der Waals surface area contributed by atoms with Gasteiger partial charge >= 0.3 is 18.3 Å². The first-order chi connectivity index (χ1) is 11.5.